The van der Waals surface area contributed by atoms with Crippen molar-refractivity contribution in [3.63, 3.8) is 0 Å². The summed E-state index contributed by atoms with van der Waals surface area (Å²) in [5.41, 5.74) is 2.38. The zero-order valence-electron chi connectivity index (χ0n) is 14.8. The molecule has 8 heteroatoms. The molecule has 0 fully saturated rings. The highest BCUT2D eigenvalue weighted by atomic mass is 79.9. The van der Waals surface area contributed by atoms with E-state index in [0.717, 1.165) is 10.2 Å². The Morgan fingerprint density at radius 1 is 0.926 bits per heavy atom. The molecule has 0 unspecified atom stereocenters. The van der Waals surface area contributed by atoms with Gasteiger partial charge in [-0.05, 0) is 47.9 Å². The van der Waals surface area contributed by atoms with E-state index in [9.17, 15) is 10.1 Å². The second kappa shape index (κ2) is 8.13. The molecule has 7 nitrogen and oxygen atoms in total. The maximum absolute atomic E-state index is 11.7. The molecule has 1 heterocycles. The topological polar surface area (TPSA) is 93.0 Å². The van der Waals surface area contributed by atoms with Crippen molar-refractivity contribution in [1.82, 2.24) is 9.97 Å². The van der Waals surface area contributed by atoms with Crippen LogP contribution in [0, 0.1) is 10.1 Å². The average molecular weight is 428 g/mol. The number of hydrogen-bond donors (Lipinski definition) is 2. The van der Waals surface area contributed by atoms with Crippen LogP contribution in [0.5, 0.6) is 0 Å². The van der Waals surface area contributed by atoms with Crippen molar-refractivity contribution in [3.05, 3.63) is 75.0 Å². The summed E-state index contributed by atoms with van der Waals surface area (Å²) in [6.45, 7) is 4.22. The Kier molecular flexibility index (Phi) is 5.66. The third-order valence-electron chi connectivity index (χ3n) is 3.95. The van der Waals surface area contributed by atoms with Crippen molar-refractivity contribution in [2.75, 3.05) is 10.6 Å². The van der Waals surface area contributed by atoms with E-state index in [4.69, 9.17) is 0 Å². The van der Waals surface area contributed by atoms with Crippen LogP contribution in [0.2, 0.25) is 0 Å². The first-order valence-corrected chi connectivity index (χ1v) is 9.12. The second-order valence-electron chi connectivity index (χ2n) is 6.21. The lowest BCUT2D eigenvalue weighted by atomic mass is 10.0. The third-order valence-corrected chi connectivity index (χ3v) is 4.48. The van der Waals surface area contributed by atoms with E-state index in [1.807, 2.05) is 36.4 Å². The molecule has 2 aromatic carbocycles. The molecule has 27 heavy (non-hydrogen) atoms. The highest BCUT2D eigenvalue weighted by molar-refractivity contribution is 9.10. The lowest BCUT2D eigenvalue weighted by Crippen LogP contribution is -2.05. The molecule has 0 aliphatic rings. The maximum atomic E-state index is 11.7. The van der Waals surface area contributed by atoms with Crippen LogP contribution in [0.15, 0.2) is 59.3 Å². The van der Waals surface area contributed by atoms with E-state index in [0.29, 0.717) is 11.6 Å². The van der Waals surface area contributed by atoms with Crippen molar-refractivity contribution < 1.29 is 4.92 Å². The molecule has 0 bridgehead atoms. The number of benzene rings is 2. The number of rotatable bonds is 6. The largest absolute Gasteiger partial charge is 0.353 e. The van der Waals surface area contributed by atoms with Gasteiger partial charge >= 0.3 is 5.69 Å². The predicted molar refractivity (Wildman–Crippen MR) is 110 cm³/mol. The Morgan fingerprint density at radius 2 is 1.41 bits per heavy atom. The standard InChI is InChI=1S/C19H18BrN5O2/c1-12(2)13-3-7-15(8-4-13)23-18-17(25(26)27)19(22-11-21-18)24-16-9-5-14(20)6-10-16/h3-12H,1-2H3,(H2,21,22,23,24). The van der Waals surface area contributed by atoms with Gasteiger partial charge in [-0.15, -0.1) is 0 Å². The highest BCUT2D eigenvalue weighted by Gasteiger charge is 2.23. The molecule has 0 spiro atoms. The van der Waals surface area contributed by atoms with Crippen LogP contribution in [-0.2, 0) is 0 Å². The van der Waals surface area contributed by atoms with E-state index in [1.165, 1.54) is 11.9 Å². The summed E-state index contributed by atoms with van der Waals surface area (Å²) in [7, 11) is 0. The molecule has 0 radical (unpaired) electrons. The van der Waals surface area contributed by atoms with E-state index in [1.54, 1.807) is 12.1 Å². The quantitative estimate of drug-likeness (QED) is 0.383. The molecule has 0 aliphatic carbocycles. The number of aromatic nitrogens is 2. The van der Waals surface area contributed by atoms with Crippen LogP contribution in [0.25, 0.3) is 0 Å². The number of halogens is 1. The Balaban J connectivity index is 1.91. The average Bonchev–Trinajstić information content (AvgIpc) is 2.64. The van der Waals surface area contributed by atoms with Gasteiger partial charge in [-0.25, -0.2) is 9.97 Å². The highest BCUT2D eigenvalue weighted by Crippen LogP contribution is 2.33. The zero-order valence-corrected chi connectivity index (χ0v) is 16.4. The Bertz CT molecular complexity index is 943. The van der Waals surface area contributed by atoms with Crippen molar-refractivity contribution in [1.29, 1.82) is 0 Å². The van der Waals surface area contributed by atoms with Crippen LogP contribution >= 0.6 is 15.9 Å². The van der Waals surface area contributed by atoms with Crippen LogP contribution in [0.3, 0.4) is 0 Å². The van der Waals surface area contributed by atoms with Gasteiger partial charge in [0.15, 0.2) is 0 Å². The first-order chi connectivity index (χ1) is 12.9. The fourth-order valence-corrected chi connectivity index (χ4v) is 2.76. The fraction of sp³-hybridized carbons (Fsp3) is 0.158. The molecule has 3 rings (SSSR count). The minimum atomic E-state index is -0.494. The number of anilines is 4. The second-order valence-corrected chi connectivity index (χ2v) is 7.13. The molecule has 3 aromatic rings. The lowest BCUT2D eigenvalue weighted by molar-refractivity contribution is -0.383. The van der Waals surface area contributed by atoms with Gasteiger partial charge in [-0.3, -0.25) is 10.1 Å². The van der Waals surface area contributed by atoms with Crippen molar-refractivity contribution >= 4 is 44.6 Å². The molecular formula is C19H18BrN5O2. The van der Waals surface area contributed by atoms with E-state index < -0.39 is 4.92 Å². The van der Waals surface area contributed by atoms with Crippen LogP contribution in [-0.4, -0.2) is 14.9 Å². The summed E-state index contributed by atoms with van der Waals surface area (Å²) < 4.78 is 0.914. The molecule has 0 saturated heterocycles. The Hall–Kier alpha value is -3.00. The Labute approximate surface area is 165 Å². The summed E-state index contributed by atoms with van der Waals surface area (Å²) in [4.78, 5) is 19.3. The molecular weight excluding hydrogens is 410 g/mol. The summed E-state index contributed by atoms with van der Waals surface area (Å²) in [5.74, 6) is 0.666. The van der Waals surface area contributed by atoms with E-state index >= 15 is 0 Å². The normalized spacial score (nSPS) is 10.7. The lowest BCUT2D eigenvalue weighted by Gasteiger charge is -2.11. The molecule has 0 saturated carbocycles. The number of nitro groups is 1. The van der Waals surface area contributed by atoms with Gasteiger partial charge in [0.05, 0.1) is 4.92 Å². The number of nitrogens with zero attached hydrogens (tertiary/aromatic N) is 3. The minimum Gasteiger partial charge on any atom is -0.334 e. The summed E-state index contributed by atoms with van der Waals surface area (Å²) in [6, 6.07) is 15.0. The summed E-state index contributed by atoms with van der Waals surface area (Å²) in [5, 5.41) is 17.7. The van der Waals surface area contributed by atoms with Gasteiger partial charge in [-0.1, -0.05) is 41.9 Å². The summed E-state index contributed by atoms with van der Waals surface area (Å²) in [6.07, 6.45) is 1.29. The number of hydrogen-bond acceptors (Lipinski definition) is 6. The molecule has 0 amide bonds. The summed E-state index contributed by atoms with van der Waals surface area (Å²) >= 11 is 3.36. The molecule has 138 valence electrons. The first-order valence-electron chi connectivity index (χ1n) is 8.33. The van der Waals surface area contributed by atoms with Crippen molar-refractivity contribution in [2.45, 2.75) is 19.8 Å². The van der Waals surface area contributed by atoms with Gasteiger partial charge in [0.25, 0.3) is 0 Å². The fourth-order valence-electron chi connectivity index (χ4n) is 2.49. The van der Waals surface area contributed by atoms with Crippen molar-refractivity contribution in [2.24, 2.45) is 0 Å². The van der Waals surface area contributed by atoms with Crippen LogP contribution in [0.1, 0.15) is 25.3 Å². The zero-order chi connectivity index (χ0) is 19.4. The SMILES string of the molecule is CC(C)c1ccc(Nc2ncnc(Nc3ccc(Br)cc3)c2[N+](=O)[O-])cc1. The van der Waals surface area contributed by atoms with Gasteiger partial charge in [0.2, 0.25) is 11.6 Å². The minimum absolute atomic E-state index is 0.124. The predicted octanol–water partition coefficient (Wildman–Crippen LogP) is 5.76. The first kappa shape index (κ1) is 18.8. The van der Waals surface area contributed by atoms with Crippen molar-refractivity contribution in [3.8, 4) is 0 Å². The molecule has 0 aliphatic heterocycles. The molecule has 1 aromatic heterocycles. The smallest absolute Gasteiger partial charge is 0.334 e. The van der Waals surface area contributed by atoms with Crippen LogP contribution < -0.4 is 10.6 Å². The molecule has 0 atom stereocenters. The third kappa shape index (κ3) is 4.59. The molecule has 2 N–H and O–H groups in total. The van der Waals surface area contributed by atoms with Gasteiger partial charge < -0.3 is 10.6 Å². The maximum Gasteiger partial charge on any atom is 0.353 e. The van der Waals surface area contributed by atoms with Gasteiger partial charge in [0.1, 0.15) is 6.33 Å². The van der Waals surface area contributed by atoms with E-state index in [-0.39, 0.29) is 17.3 Å². The van der Waals surface area contributed by atoms with Crippen LogP contribution in [0.4, 0.5) is 28.7 Å². The van der Waals surface area contributed by atoms with E-state index in [2.05, 4.69) is 50.4 Å². The number of nitrogens with one attached hydrogen (secondary N) is 2. The monoisotopic (exact) mass is 427 g/mol. The van der Waals surface area contributed by atoms with Gasteiger partial charge in [-0.2, -0.15) is 0 Å². The Morgan fingerprint density at radius 3 is 1.85 bits per heavy atom. The van der Waals surface area contributed by atoms with Gasteiger partial charge in [0, 0.05) is 15.8 Å².